The quantitative estimate of drug-likeness (QED) is 0.746. The third-order valence-corrected chi connectivity index (χ3v) is 3.19. The molecule has 18 heavy (non-hydrogen) atoms. The molecule has 0 aliphatic carbocycles. The molecule has 0 saturated carbocycles. The van der Waals surface area contributed by atoms with Crippen LogP contribution in [0.2, 0.25) is 0 Å². The standard InChI is InChI=1S/C13H21N2O3/c1-12(2,3)9(10-6-14-8-15-10)5-13(4,18)11(17)7-16/h6-9,16,18H,5H2,1-4H3,(H,14,15)/t9?,13-/m0/s1. The Morgan fingerprint density at radius 2 is 2.11 bits per heavy atom. The molecular weight excluding hydrogens is 232 g/mol. The Balaban J connectivity index is 2.98. The molecule has 5 heteroatoms. The number of rotatable bonds is 5. The predicted molar refractivity (Wildman–Crippen MR) is 67.3 cm³/mol. The molecule has 0 bridgehead atoms. The number of hydrogen-bond donors (Lipinski definition) is 3. The molecule has 0 aliphatic rings. The average molecular weight is 253 g/mol. The summed E-state index contributed by atoms with van der Waals surface area (Å²) in [7, 11) is 0. The van der Waals surface area contributed by atoms with Gasteiger partial charge >= 0.3 is 0 Å². The molecule has 0 spiro atoms. The van der Waals surface area contributed by atoms with Gasteiger partial charge in [0.05, 0.1) is 6.33 Å². The van der Waals surface area contributed by atoms with Crippen LogP contribution in [0.3, 0.4) is 0 Å². The van der Waals surface area contributed by atoms with Crippen LogP contribution in [0, 0.1) is 12.0 Å². The first kappa shape index (κ1) is 14.9. The largest absolute Gasteiger partial charge is 0.382 e. The molecule has 0 aromatic carbocycles. The Morgan fingerprint density at radius 3 is 2.50 bits per heavy atom. The molecule has 101 valence electrons. The number of nitrogens with zero attached hydrogens (tertiary/aromatic N) is 1. The lowest BCUT2D eigenvalue weighted by molar-refractivity contribution is -0.136. The van der Waals surface area contributed by atoms with E-state index in [-0.39, 0.29) is 17.8 Å². The monoisotopic (exact) mass is 253 g/mol. The lowest BCUT2D eigenvalue weighted by Crippen LogP contribution is -2.39. The maximum absolute atomic E-state index is 11.5. The van der Waals surface area contributed by atoms with Crippen LogP contribution >= 0.6 is 0 Å². The minimum atomic E-state index is -1.59. The van der Waals surface area contributed by atoms with Gasteiger partial charge in [-0.25, -0.2) is 4.98 Å². The first-order valence-corrected chi connectivity index (χ1v) is 5.91. The van der Waals surface area contributed by atoms with Crippen molar-refractivity contribution < 1.29 is 15.0 Å². The van der Waals surface area contributed by atoms with E-state index < -0.39 is 11.4 Å². The fourth-order valence-corrected chi connectivity index (χ4v) is 1.98. The Hall–Kier alpha value is -1.20. The van der Waals surface area contributed by atoms with Gasteiger partial charge in [0.2, 0.25) is 0 Å². The Kier molecular flexibility index (Phi) is 4.29. The summed E-state index contributed by atoms with van der Waals surface area (Å²) in [5.74, 6) is -0.754. The van der Waals surface area contributed by atoms with E-state index in [1.165, 1.54) is 6.92 Å². The van der Waals surface area contributed by atoms with Crippen molar-refractivity contribution in [2.24, 2.45) is 5.41 Å². The van der Waals surface area contributed by atoms with Gasteiger partial charge in [0.15, 0.2) is 5.78 Å². The summed E-state index contributed by atoms with van der Waals surface area (Å²) in [6, 6.07) is 0. The number of imidazole rings is 1. The Morgan fingerprint density at radius 1 is 1.50 bits per heavy atom. The highest BCUT2D eigenvalue weighted by Crippen LogP contribution is 2.40. The van der Waals surface area contributed by atoms with Gasteiger partial charge in [-0.3, -0.25) is 4.79 Å². The molecule has 1 heterocycles. The fourth-order valence-electron chi connectivity index (χ4n) is 1.98. The third-order valence-electron chi connectivity index (χ3n) is 3.19. The van der Waals surface area contributed by atoms with Gasteiger partial charge in [-0.1, -0.05) is 20.8 Å². The number of carbonyl (C=O) groups is 1. The lowest BCUT2D eigenvalue weighted by Gasteiger charge is -2.34. The number of ketones is 1. The number of aromatic nitrogens is 2. The maximum Gasteiger partial charge on any atom is 0.195 e. The first-order chi connectivity index (χ1) is 8.18. The molecule has 2 atom stereocenters. The number of aliphatic hydroxyl groups excluding tert-OH is 1. The van der Waals surface area contributed by atoms with Gasteiger partial charge in [0, 0.05) is 17.8 Å². The van der Waals surface area contributed by atoms with Gasteiger partial charge in [0.25, 0.3) is 0 Å². The number of carbonyl (C=O) groups excluding carboxylic acids is 1. The summed E-state index contributed by atoms with van der Waals surface area (Å²) < 4.78 is 0. The van der Waals surface area contributed by atoms with Gasteiger partial charge in [-0.2, -0.15) is 0 Å². The number of aromatic amines is 1. The van der Waals surface area contributed by atoms with Crippen molar-refractivity contribution in [2.75, 3.05) is 0 Å². The second kappa shape index (κ2) is 5.20. The number of nitrogens with one attached hydrogen (secondary N) is 1. The molecule has 5 nitrogen and oxygen atoms in total. The highest BCUT2D eigenvalue weighted by atomic mass is 16.3. The molecule has 0 amide bonds. The number of H-pyrrole nitrogens is 1. The topological polar surface area (TPSA) is 86.2 Å². The van der Waals surface area contributed by atoms with E-state index in [4.69, 9.17) is 5.11 Å². The van der Waals surface area contributed by atoms with Gasteiger partial charge in [0.1, 0.15) is 12.2 Å². The predicted octanol–water partition coefficient (Wildman–Crippen LogP) is 1.78. The van der Waals surface area contributed by atoms with Crippen LogP contribution in [-0.4, -0.2) is 31.6 Å². The van der Waals surface area contributed by atoms with Crippen LogP contribution in [0.5, 0.6) is 0 Å². The fraction of sp³-hybridized carbons (Fsp3) is 0.615. The summed E-state index contributed by atoms with van der Waals surface area (Å²) in [4.78, 5) is 18.5. The zero-order valence-corrected chi connectivity index (χ0v) is 11.3. The molecule has 0 saturated heterocycles. The summed E-state index contributed by atoms with van der Waals surface area (Å²) >= 11 is 0. The molecule has 1 aromatic heterocycles. The van der Waals surface area contributed by atoms with Crippen molar-refractivity contribution in [1.82, 2.24) is 9.97 Å². The van der Waals surface area contributed by atoms with Gasteiger partial charge in [-0.15, -0.1) is 0 Å². The molecule has 1 unspecified atom stereocenters. The summed E-state index contributed by atoms with van der Waals surface area (Å²) in [6.45, 7) is 7.93. The van der Waals surface area contributed by atoms with Crippen LogP contribution in [-0.2, 0) is 4.79 Å². The summed E-state index contributed by atoms with van der Waals surface area (Å²) in [5, 5.41) is 18.9. The number of Topliss-reactive ketones (excluding diaryl/α,β-unsaturated/α-hetero) is 1. The second-order valence-corrected chi connectivity index (χ2v) is 5.90. The zero-order chi connectivity index (χ0) is 14.0. The SMILES string of the molecule is CC(C)(C)C(C[C@](C)(O)C(=O)[CH]O)c1cnc[nH]1. The van der Waals surface area contributed by atoms with E-state index in [9.17, 15) is 9.90 Å². The van der Waals surface area contributed by atoms with Crippen molar-refractivity contribution >= 4 is 5.78 Å². The Bertz CT molecular complexity index is 391. The molecule has 1 aromatic rings. The summed E-state index contributed by atoms with van der Waals surface area (Å²) in [5.41, 5.74) is -0.863. The minimum absolute atomic E-state index is 0.0705. The van der Waals surface area contributed by atoms with E-state index in [1.54, 1.807) is 12.5 Å². The second-order valence-electron chi connectivity index (χ2n) is 5.90. The third kappa shape index (κ3) is 3.40. The maximum atomic E-state index is 11.5. The van der Waals surface area contributed by atoms with Crippen LogP contribution in [0.4, 0.5) is 0 Å². The molecule has 0 fully saturated rings. The molecule has 1 rings (SSSR count). The molecule has 1 radical (unpaired) electrons. The smallest absolute Gasteiger partial charge is 0.195 e. The van der Waals surface area contributed by atoms with Crippen molar-refractivity contribution in [3.8, 4) is 0 Å². The van der Waals surface area contributed by atoms with Crippen molar-refractivity contribution in [3.05, 3.63) is 24.8 Å². The molecule has 3 N–H and O–H groups in total. The number of aliphatic hydroxyl groups is 2. The van der Waals surface area contributed by atoms with Gasteiger partial charge < -0.3 is 15.2 Å². The van der Waals surface area contributed by atoms with Crippen molar-refractivity contribution in [2.45, 2.75) is 45.6 Å². The normalized spacial score (nSPS) is 17.2. The molecular formula is C13H21N2O3. The van der Waals surface area contributed by atoms with E-state index >= 15 is 0 Å². The van der Waals surface area contributed by atoms with E-state index in [1.807, 2.05) is 20.8 Å². The molecule has 0 aliphatic heterocycles. The van der Waals surface area contributed by atoms with Gasteiger partial charge in [-0.05, 0) is 18.8 Å². The lowest BCUT2D eigenvalue weighted by atomic mass is 9.72. The van der Waals surface area contributed by atoms with E-state index in [2.05, 4.69) is 9.97 Å². The van der Waals surface area contributed by atoms with E-state index in [0.29, 0.717) is 6.61 Å². The van der Waals surface area contributed by atoms with Crippen LogP contribution in [0.1, 0.15) is 45.7 Å². The highest BCUT2D eigenvalue weighted by Gasteiger charge is 2.38. The number of hydrogen-bond acceptors (Lipinski definition) is 4. The summed E-state index contributed by atoms with van der Waals surface area (Å²) in [6.07, 6.45) is 3.48. The first-order valence-electron chi connectivity index (χ1n) is 5.91. The van der Waals surface area contributed by atoms with Crippen molar-refractivity contribution in [3.63, 3.8) is 0 Å². The van der Waals surface area contributed by atoms with E-state index in [0.717, 1.165) is 5.69 Å². The average Bonchev–Trinajstić information content (AvgIpc) is 2.76. The van der Waals surface area contributed by atoms with Crippen LogP contribution in [0.15, 0.2) is 12.5 Å². The van der Waals surface area contributed by atoms with Crippen molar-refractivity contribution in [1.29, 1.82) is 0 Å². The Labute approximate surface area is 107 Å². The highest BCUT2D eigenvalue weighted by molar-refractivity contribution is 5.92. The minimum Gasteiger partial charge on any atom is -0.382 e. The van der Waals surface area contributed by atoms with Crippen LogP contribution < -0.4 is 0 Å². The zero-order valence-electron chi connectivity index (χ0n) is 11.3. The van der Waals surface area contributed by atoms with Crippen LogP contribution in [0.25, 0.3) is 0 Å².